The van der Waals surface area contributed by atoms with E-state index in [1.165, 1.54) is 11.9 Å². The van der Waals surface area contributed by atoms with Gasteiger partial charge in [0.2, 0.25) is 0 Å². The third-order valence-corrected chi connectivity index (χ3v) is 4.26. The molecule has 1 fully saturated rings. The maximum atomic E-state index is 12.4. The third kappa shape index (κ3) is 8.95. The highest BCUT2D eigenvalue weighted by molar-refractivity contribution is 14.0. The highest BCUT2D eigenvalue weighted by Crippen LogP contribution is 2.15. The molecule has 1 aromatic heterocycles. The Balaban J connectivity index is 0.00000392. The summed E-state index contributed by atoms with van der Waals surface area (Å²) < 4.78 is 42.3. The van der Waals surface area contributed by atoms with Crippen LogP contribution in [0.5, 0.6) is 0 Å². The fraction of sp³-hybridized carbons (Fsp3) is 0.765. The number of aryl methyl sites for hydroxylation is 1. The van der Waals surface area contributed by atoms with Crippen LogP contribution in [0.4, 0.5) is 13.2 Å². The molecule has 2 heterocycles. The molecule has 0 radical (unpaired) electrons. The Morgan fingerprint density at radius 1 is 1.32 bits per heavy atom. The molecule has 0 spiro atoms. The van der Waals surface area contributed by atoms with Crippen molar-refractivity contribution < 1.29 is 17.7 Å². The van der Waals surface area contributed by atoms with E-state index in [0.717, 1.165) is 56.7 Å². The highest BCUT2D eigenvalue weighted by atomic mass is 127. The zero-order chi connectivity index (χ0) is 19.9. The minimum Gasteiger partial charge on any atom is -0.361 e. The smallest absolute Gasteiger partial charge is 0.361 e. The van der Waals surface area contributed by atoms with Crippen molar-refractivity contribution in [3.63, 3.8) is 0 Å². The zero-order valence-electron chi connectivity index (χ0n) is 16.6. The predicted molar refractivity (Wildman–Crippen MR) is 113 cm³/mol. The number of nitrogens with zero attached hydrogens (tertiary/aromatic N) is 5. The van der Waals surface area contributed by atoms with Crippen molar-refractivity contribution in [2.75, 3.05) is 59.4 Å². The molecule has 1 aromatic rings. The molecule has 0 bridgehead atoms. The molecule has 0 unspecified atom stereocenters. The topological polar surface area (TPSA) is 60.1 Å². The molecule has 0 amide bonds. The average molecular weight is 518 g/mol. The lowest BCUT2D eigenvalue weighted by atomic mass is 10.3. The summed E-state index contributed by atoms with van der Waals surface area (Å²) in [5.41, 5.74) is 0.925. The molecule has 0 atom stereocenters. The summed E-state index contributed by atoms with van der Waals surface area (Å²) in [6.45, 7) is 8.34. The summed E-state index contributed by atoms with van der Waals surface area (Å²) in [5.74, 6) is 1.57. The lowest BCUT2D eigenvalue weighted by molar-refractivity contribution is -0.142. The van der Waals surface area contributed by atoms with Gasteiger partial charge in [-0.05, 0) is 20.9 Å². The molecule has 0 saturated carbocycles. The standard InChI is InChI=1S/C17H29F3N6O.HI/c1-4-21-16(22-5-6-24(3)13-17(18,19)20)26-9-7-25(8-10-26)12-15-11-14(2)27-23-15;/h11H,4-10,12-13H2,1-3H3,(H,21,22);1H. The molecule has 2 rings (SSSR count). The number of piperazine rings is 1. The van der Waals surface area contributed by atoms with Gasteiger partial charge in [0.15, 0.2) is 5.96 Å². The summed E-state index contributed by atoms with van der Waals surface area (Å²) in [4.78, 5) is 10.2. The first-order valence-corrected chi connectivity index (χ1v) is 9.20. The van der Waals surface area contributed by atoms with Crippen molar-refractivity contribution in [3.8, 4) is 0 Å². The molecule has 11 heteroatoms. The number of nitrogens with one attached hydrogen (secondary N) is 1. The predicted octanol–water partition coefficient (Wildman–Crippen LogP) is 2.18. The van der Waals surface area contributed by atoms with Gasteiger partial charge >= 0.3 is 6.18 Å². The molecule has 1 aliphatic heterocycles. The van der Waals surface area contributed by atoms with Gasteiger partial charge in [0.05, 0.1) is 18.8 Å². The van der Waals surface area contributed by atoms with Gasteiger partial charge in [-0.2, -0.15) is 13.2 Å². The second-order valence-electron chi connectivity index (χ2n) is 6.78. The summed E-state index contributed by atoms with van der Waals surface area (Å²) in [6, 6.07) is 1.94. The maximum absolute atomic E-state index is 12.4. The second kappa shape index (κ2) is 11.8. The highest BCUT2D eigenvalue weighted by Gasteiger charge is 2.29. The molecule has 0 aliphatic carbocycles. The number of guanidine groups is 1. The zero-order valence-corrected chi connectivity index (χ0v) is 19.0. The number of aliphatic imine (C=N–C) groups is 1. The van der Waals surface area contributed by atoms with E-state index >= 15 is 0 Å². The second-order valence-corrected chi connectivity index (χ2v) is 6.78. The van der Waals surface area contributed by atoms with Gasteiger partial charge in [-0.1, -0.05) is 5.16 Å². The van der Waals surface area contributed by atoms with E-state index in [9.17, 15) is 13.2 Å². The summed E-state index contributed by atoms with van der Waals surface area (Å²) in [7, 11) is 1.46. The van der Waals surface area contributed by atoms with Crippen LogP contribution >= 0.6 is 24.0 Å². The van der Waals surface area contributed by atoms with E-state index in [1.54, 1.807) is 0 Å². The lowest BCUT2D eigenvalue weighted by Crippen LogP contribution is -2.52. The molecule has 162 valence electrons. The van der Waals surface area contributed by atoms with E-state index < -0.39 is 12.7 Å². The van der Waals surface area contributed by atoms with E-state index in [2.05, 4.69) is 25.3 Å². The van der Waals surface area contributed by atoms with Crippen molar-refractivity contribution in [2.24, 2.45) is 4.99 Å². The average Bonchev–Trinajstić information content (AvgIpc) is 2.98. The van der Waals surface area contributed by atoms with Gasteiger partial charge in [-0.3, -0.25) is 14.8 Å². The maximum Gasteiger partial charge on any atom is 0.401 e. The number of rotatable bonds is 7. The van der Waals surface area contributed by atoms with Crippen molar-refractivity contribution in [3.05, 3.63) is 17.5 Å². The quantitative estimate of drug-likeness (QED) is 0.340. The van der Waals surface area contributed by atoms with Gasteiger partial charge in [0.25, 0.3) is 0 Å². The number of likely N-dealkylation sites (N-methyl/N-ethyl adjacent to an activating group) is 1. The van der Waals surface area contributed by atoms with Crippen molar-refractivity contribution >= 4 is 29.9 Å². The Bertz CT molecular complexity index is 602. The van der Waals surface area contributed by atoms with Crippen LogP contribution in [-0.4, -0.2) is 91.4 Å². The van der Waals surface area contributed by atoms with Gasteiger partial charge in [0.1, 0.15) is 5.76 Å². The van der Waals surface area contributed by atoms with Crippen molar-refractivity contribution in [1.29, 1.82) is 0 Å². The van der Waals surface area contributed by atoms with Crippen LogP contribution in [-0.2, 0) is 6.54 Å². The van der Waals surface area contributed by atoms with Crippen LogP contribution < -0.4 is 5.32 Å². The molecule has 7 nitrogen and oxygen atoms in total. The van der Waals surface area contributed by atoms with Gasteiger partial charge in [0, 0.05) is 51.9 Å². The first kappa shape index (κ1) is 25.0. The fourth-order valence-corrected chi connectivity index (χ4v) is 2.98. The van der Waals surface area contributed by atoms with Gasteiger partial charge in [-0.15, -0.1) is 24.0 Å². The van der Waals surface area contributed by atoms with Crippen LogP contribution in [0.15, 0.2) is 15.6 Å². The monoisotopic (exact) mass is 518 g/mol. The molecular weight excluding hydrogens is 488 g/mol. The Morgan fingerprint density at radius 3 is 2.54 bits per heavy atom. The van der Waals surface area contributed by atoms with Crippen LogP contribution in [0.1, 0.15) is 18.4 Å². The molecule has 1 saturated heterocycles. The van der Waals surface area contributed by atoms with Gasteiger partial charge < -0.3 is 14.7 Å². The number of aromatic nitrogens is 1. The van der Waals surface area contributed by atoms with Gasteiger partial charge in [-0.25, -0.2) is 0 Å². The van der Waals surface area contributed by atoms with Crippen LogP contribution in [0.2, 0.25) is 0 Å². The van der Waals surface area contributed by atoms with Crippen LogP contribution in [0.3, 0.4) is 0 Å². The molecular formula is C17H30F3IN6O. The molecule has 0 aromatic carbocycles. The minimum atomic E-state index is -4.18. The van der Waals surface area contributed by atoms with E-state index in [0.29, 0.717) is 6.54 Å². The van der Waals surface area contributed by atoms with Crippen LogP contribution in [0, 0.1) is 6.92 Å². The van der Waals surface area contributed by atoms with Crippen LogP contribution in [0.25, 0.3) is 0 Å². The molecule has 1 N–H and O–H groups in total. The first-order chi connectivity index (χ1) is 12.8. The number of halogens is 4. The van der Waals surface area contributed by atoms with E-state index in [1.807, 2.05) is 19.9 Å². The summed E-state index contributed by atoms with van der Waals surface area (Å²) in [5, 5.41) is 7.26. The number of alkyl halides is 3. The Labute approximate surface area is 181 Å². The Morgan fingerprint density at radius 2 is 2.00 bits per heavy atom. The normalized spacial score (nSPS) is 16.4. The molecule has 28 heavy (non-hydrogen) atoms. The first-order valence-electron chi connectivity index (χ1n) is 9.20. The van der Waals surface area contributed by atoms with Crippen molar-refractivity contribution in [1.82, 2.24) is 25.2 Å². The van der Waals surface area contributed by atoms with E-state index in [-0.39, 0.29) is 30.5 Å². The largest absolute Gasteiger partial charge is 0.401 e. The Kier molecular flexibility index (Phi) is 10.5. The lowest BCUT2D eigenvalue weighted by Gasteiger charge is -2.36. The van der Waals surface area contributed by atoms with Crippen molar-refractivity contribution in [2.45, 2.75) is 26.6 Å². The third-order valence-electron chi connectivity index (χ3n) is 4.26. The minimum absolute atomic E-state index is 0. The Hall–Kier alpha value is -1.08. The SMILES string of the molecule is CCNC(=NCCN(C)CC(F)(F)F)N1CCN(Cc2cc(C)on2)CC1.I. The summed E-state index contributed by atoms with van der Waals surface area (Å²) >= 11 is 0. The molecule has 1 aliphatic rings. The number of hydrogen-bond acceptors (Lipinski definition) is 5. The van der Waals surface area contributed by atoms with E-state index in [4.69, 9.17) is 4.52 Å². The fourth-order valence-electron chi connectivity index (χ4n) is 2.98. The summed E-state index contributed by atoms with van der Waals surface area (Å²) in [6.07, 6.45) is -4.18. The number of hydrogen-bond donors (Lipinski definition) is 1.